The van der Waals surface area contributed by atoms with Crippen molar-refractivity contribution in [3.05, 3.63) is 0 Å². The first-order valence-electron chi connectivity index (χ1n) is 6.44. The number of hydrogen-bond donors (Lipinski definition) is 1. The Bertz CT molecular complexity index is 173. The third kappa shape index (κ3) is 4.52. The molecule has 15 heavy (non-hydrogen) atoms. The van der Waals surface area contributed by atoms with Gasteiger partial charge >= 0.3 is 0 Å². The van der Waals surface area contributed by atoms with Gasteiger partial charge in [-0.15, -0.1) is 0 Å². The standard InChI is InChI=1S/C13H27NO/c1-4-13(2,3)15-10-12(14)11-8-6-5-7-9-11/h11-12H,4-10,14H2,1-3H3. The Balaban J connectivity index is 2.25. The molecular weight excluding hydrogens is 186 g/mol. The zero-order valence-electron chi connectivity index (χ0n) is 10.6. The minimum absolute atomic E-state index is 0.00765. The first-order valence-corrected chi connectivity index (χ1v) is 6.44. The van der Waals surface area contributed by atoms with Crippen LogP contribution in [0.4, 0.5) is 0 Å². The van der Waals surface area contributed by atoms with Crippen molar-refractivity contribution in [3.8, 4) is 0 Å². The summed E-state index contributed by atoms with van der Waals surface area (Å²) in [6.45, 7) is 7.17. The zero-order valence-corrected chi connectivity index (χ0v) is 10.6. The van der Waals surface area contributed by atoms with Gasteiger partial charge in [-0.25, -0.2) is 0 Å². The van der Waals surface area contributed by atoms with E-state index >= 15 is 0 Å². The summed E-state index contributed by atoms with van der Waals surface area (Å²) in [6.07, 6.45) is 7.76. The molecule has 2 nitrogen and oxygen atoms in total. The molecule has 0 heterocycles. The number of rotatable bonds is 5. The lowest BCUT2D eigenvalue weighted by Gasteiger charge is -2.31. The van der Waals surface area contributed by atoms with Crippen molar-refractivity contribution in [1.29, 1.82) is 0 Å². The van der Waals surface area contributed by atoms with Crippen molar-refractivity contribution in [1.82, 2.24) is 0 Å². The molecule has 0 aromatic heterocycles. The van der Waals surface area contributed by atoms with Crippen LogP contribution >= 0.6 is 0 Å². The van der Waals surface area contributed by atoms with Gasteiger partial charge in [-0.05, 0) is 39.0 Å². The fourth-order valence-electron chi connectivity index (χ4n) is 2.12. The number of ether oxygens (including phenoxy) is 1. The second-order valence-electron chi connectivity index (χ2n) is 5.49. The molecule has 90 valence electrons. The molecule has 0 radical (unpaired) electrons. The van der Waals surface area contributed by atoms with E-state index in [4.69, 9.17) is 10.5 Å². The van der Waals surface area contributed by atoms with Crippen LogP contribution in [0.1, 0.15) is 59.3 Å². The second-order valence-corrected chi connectivity index (χ2v) is 5.49. The average Bonchev–Trinajstić information content (AvgIpc) is 2.27. The maximum atomic E-state index is 6.19. The zero-order chi connectivity index (χ0) is 11.3. The van der Waals surface area contributed by atoms with Gasteiger partial charge in [0, 0.05) is 6.04 Å². The molecule has 0 aromatic rings. The lowest BCUT2D eigenvalue weighted by atomic mass is 9.84. The molecule has 0 saturated heterocycles. The lowest BCUT2D eigenvalue weighted by Crippen LogP contribution is -2.39. The van der Waals surface area contributed by atoms with Crippen molar-refractivity contribution >= 4 is 0 Å². The molecule has 0 aliphatic heterocycles. The summed E-state index contributed by atoms with van der Waals surface area (Å²) in [5.41, 5.74) is 6.18. The number of hydrogen-bond acceptors (Lipinski definition) is 2. The van der Waals surface area contributed by atoms with Crippen LogP contribution in [0, 0.1) is 5.92 Å². The molecule has 1 unspecified atom stereocenters. The van der Waals surface area contributed by atoms with Crippen LogP contribution in [0.5, 0.6) is 0 Å². The van der Waals surface area contributed by atoms with Crippen molar-refractivity contribution in [2.75, 3.05) is 6.61 Å². The smallest absolute Gasteiger partial charge is 0.0627 e. The Hall–Kier alpha value is -0.0800. The summed E-state index contributed by atoms with van der Waals surface area (Å²) in [4.78, 5) is 0. The molecule has 2 heteroatoms. The minimum Gasteiger partial charge on any atom is -0.374 e. The van der Waals surface area contributed by atoms with Crippen LogP contribution in [0.3, 0.4) is 0 Å². The van der Waals surface area contributed by atoms with Gasteiger partial charge in [-0.3, -0.25) is 0 Å². The van der Waals surface area contributed by atoms with Gasteiger partial charge in [0.2, 0.25) is 0 Å². The van der Waals surface area contributed by atoms with Crippen LogP contribution in [0.25, 0.3) is 0 Å². The molecule has 0 spiro atoms. The first kappa shape index (κ1) is 13.0. The third-order valence-electron chi connectivity index (χ3n) is 3.77. The summed E-state index contributed by atoms with van der Waals surface area (Å²) < 4.78 is 5.87. The van der Waals surface area contributed by atoms with E-state index in [1.807, 2.05) is 0 Å². The Labute approximate surface area is 94.6 Å². The van der Waals surface area contributed by atoms with E-state index in [0.29, 0.717) is 5.92 Å². The largest absolute Gasteiger partial charge is 0.374 e. The van der Waals surface area contributed by atoms with Crippen LogP contribution in [-0.2, 0) is 4.74 Å². The fraction of sp³-hybridized carbons (Fsp3) is 1.00. The molecule has 1 atom stereocenters. The molecular formula is C13H27NO. The van der Waals surface area contributed by atoms with Gasteiger partial charge in [0.1, 0.15) is 0 Å². The van der Waals surface area contributed by atoms with Crippen LogP contribution in [0.15, 0.2) is 0 Å². The molecule has 1 saturated carbocycles. The molecule has 2 N–H and O–H groups in total. The van der Waals surface area contributed by atoms with E-state index in [1.165, 1.54) is 32.1 Å². The average molecular weight is 213 g/mol. The van der Waals surface area contributed by atoms with Crippen LogP contribution < -0.4 is 5.73 Å². The Kier molecular flexibility index (Phi) is 5.07. The quantitative estimate of drug-likeness (QED) is 0.761. The fourth-order valence-corrected chi connectivity index (χ4v) is 2.12. The van der Waals surface area contributed by atoms with E-state index in [0.717, 1.165) is 13.0 Å². The van der Waals surface area contributed by atoms with Crippen molar-refractivity contribution in [2.45, 2.75) is 70.9 Å². The molecule has 1 aliphatic carbocycles. The SMILES string of the molecule is CCC(C)(C)OCC(N)C1CCCCC1. The summed E-state index contributed by atoms with van der Waals surface area (Å²) in [6, 6.07) is 0.246. The summed E-state index contributed by atoms with van der Waals surface area (Å²) in [5.74, 6) is 0.700. The van der Waals surface area contributed by atoms with Gasteiger partial charge in [0.25, 0.3) is 0 Å². The van der Waals surface area contributed by atoms with Gasteiger partial charge < -0.3 is 10.5 Å². The third-order valence-corrected chi connectivity index (χ3v) is 3.77. The van der Waals surface area contributed by atoms with Crippen LogP contribution in [0.2, 0.25) is 0 Å². The van der Waals surface area contributed by atoms with E-state index < -0.39 is 0 Å². The first-order chi connectivity index (χ1) is 7.05. The summed E-state index contributed by atoms with van der Waals surface area (Å²) >= 11 is 0. The molecule has 1 aliphatic rings. The second kappa shape index (κ2) is 5.86. The monoisotopic (exact) mass is 213 g/mol. The van der Waals surface area contributed by atoms with Crippen molar-refractivity contribution in [2.24, 2.45) is 11.7 Å². The van der Waals surface area contributed by atoms with Gasteiger partial charge in [-0.1, -0.05) is 26.2 Å². The summed E-state index contributed by atoms with van der Waals surface area (Å²) in [5, 5.41) is 0. The van der Waals surface area contributed by atoms with E-state index in [1.54, 1.807) is 0 Å². The van der Waals surface area contributed by atoms with E-state index in [-0.39, 0.29) is 11.6 Å². The highest BCUT2D eigenvalue weighted by atomic mass is 16.5. The maximum absolute atomic E-state index is 6.19. The Morgan fingerprint density at radius 3 is 2.40 bits per heavy atom. The summed E-state index contributed by atoms with van der Waals surface area (Å²) in [7, 11) is 0. The van der Waals surface area contributed by atoms with Gasteiger partial charge in [0.15, 0.2) is 0 Å². The lowest BCUT2D eigenvalue weighted by molar-refractivity contribution is -0.0341. The highest BCUT2D eigenvalue weighted by Crippen LogP contribution is 2.26. The Morgan fingerprint density at radius 2 is 1.87 bits per heavy atom. The van der Waals surface area contributed by atoms with Crippen molar-refractivity contribution in [3.63, 3.8) is 0 Å². The maximum Gasteiger partial charge on any atom is 0.0627 e. The minimum atomic E-state index is -0.00765. The molecule has 0 bridgehead atoms. The normalized spacial score (nSPS) is 21.6. The highest BCUT2D eigenvalue weighted by molar-refractivity contribution is 4.77. The molecule has 1 fully saturated rings. The van der Waals surface area contributed by atoms with E-state index in [9.17, 15) is 0 Å². The van der Waals surface area contributed by atoms with E-state index in [2.05, 4.69) is 20.8 Å². The molecule has 1 rings (SSSR count). The van der Waals surface area contributed by atoms with Gasteiger partial charge in [0.05, 0.1) is 12.2 Å². The predicted molar refractivity (Wildman–Crippen MR) is 64.9 cm³/mol. The number of nitrogens with two attached hydrogens (primary N) is 1. The highest BCUT2D eigenvalue weighted by Gasteiger charge is 2.23. The molecule has 0 amide bonds. The predicted octanol–water partition coefficient (Wildman–Crippen LogP) is 3.10. The molecule has 0 aromatic carbocycles. The van der Waals surface area contributed by atoms with Gasteiger partial charge in [-0.2, -0.15) is 0 Å². The Morgan fingerprint density at radius 1 is 1.27 bits per heavy atom. The van der Waals surface area contributed by atoms with Crippen LogP contribution in [-0.4, -0.2) is 18.2 Å². The topological polar surface area (TPSA) is 35.2 Å². The van der Waals surface area contributed by atoms with Crippen molar-refractivity contribution < 1.29 is 4.74 Å².